The lowest BCUT2D eigenvalue weighted by Crippen LogP contribution is -2.53. The highest BCUT2D eigenvalue weighted by Crippen LogP contribution is 2.18. The molecular formula is C16H22N6O2S. The van der Waals surface area contributed by atoms with Crippen molar-refractivity contribution in [3.8, 4) is 0 Å². The van der Waals surface area contributed by atoms with Gasteiger partial charge in [-0.3, -0.25) is 15.0 Å². The Balaban J connectivity index is 1.60. The third-order valence-electron chi connectivity index (χ3n) is 4.18. The molecule has 1 aliphatic heterocycles. The van der Waals surface area contributed by atoms with Gasteiger partial charge in [0, 0.05) is 38.4 Å². The number of hydrogen-bond donors (Lipinski definition) is 2. The Morgan fingerprint density at radius 1 is 1.48 bits per heavy atom. The van der Waals surface area contributed by atoms with Gasteiger partial charge in [0.25, 0.3) is 5.91 Å². The number of aromatic nitrogens is 3. The van der Waals surface area contributed by atoms with Gasteiger partial charge in [0.05, 0.1) is 11.7 Å². The molecule has 1 fully saturated rings. The zero-order chi connectivity index (χ0) is 17.8. The number of piperazine rings is 1. The number of β-amino-alcohol motifs (C(OH)–C–C–N with tert-alkyl or cyclic N) is 1. The van der Waals surface area contributed by atoms with Crippen LogP contribution in [0.2, 0.25) is 0 Å². The normalized spacial score (nSPS) is 19.6. The first kappa shape index (κ1) is 17.7. The SMILES string of the molecule is CC(O)CN1CCN(c2ccc(C(=O)Nc3nncs3)cn2)CC1C. The summed E-state index contributed by atoms with van der Waals surface area (Å²) in [7, 11) is 0. The molecule has 2 aromatic heterocycles. The number of carbonyl (C=O) groups is 1. The van der Waals surface area contributed by atoms with Crippen molar-refractivity contribution in [2.24, 2.45) is 0 Å². The predicted molar refractivity (Wildman–Crippen MR) is 97.0 cm³/mol. The zero-order valence-electron chi connectivity index (χ0n) is 14.3. The molecule has 9 heteroatoms. The van der Waals surface area contributed by atoms with Gasteiger partial charge >= 0.3 is 0 Å². The van der Waals surface area contributed by atoms with Crippen LogP contribution in [0.4, 0.5) is 10.9 Å². The van der Waals surface area contributed by atoms with E-state index in [1.165, 1.54) is 11.3 Å². The Labute approximate surface area is 150 Å². The van der Waals surface area contributed by atoms with E-state index in [0.717, 1.165) is 25.5 Å². The molecule has 0 radical (unpaired) electrons. The minimum Gasteiger partial charge on any atom is -0.392 e. The first-order valence-corrected chi connectivity index (χ1v) is 9.11. The fourth-order valence-electron chi connectivity index (χ4n) is 2.92. The fourth-order valence-corrected chi connectivity index (χ4v) is 3.36. The van der Waals surface area contributed by atoms with Gasteiger partial charge < -0.3 is 10.0 Å². The van der Waals surface area contributed by atoms with Gasteiger partial charge in [-0.25, -0.2) is 4.98 Å². The van der Waals surface area contributed by atoms with Gasteiger partial charge in [-0.1, -0.05) is 11.3 Å². The summed E-state index contributed by atoms with van der Waals surface area (Å²) in [5.41, 5.74) is 2.05. The maximum atomic E-state index is 12.1. The second kappa shape index (κ2) is 7.85. The molecular weight excluding hydrogens is 340 g/mol. The molecule has 1 saturated heterocycles. The molecule has 25 heavy (non-hydrogen) atoms. The molecule has 2 aromatic rings. The third-order valence-corrected chi connectivity index (χ3v) is 4.79. The summed E-state index contributed by atoms with van der Waals surface area (Å²) < 4.78 is 0. The van der Waals surface area contributed by atoms with Gasteiger partial charge in [0.2, 0.25) is 5.13 Å². The van der Waals surface area contributed by atoms with Crippen molar-refractivity contribution in [2.45, 2.75) is 26.0 Å². The highest BCUT2D eigenvalue weighted by molar-refractivity contribution is 7.13. The molecule has 0 aliphatic carbocycles. The van der Waals surface area contributed by atoms with Gasteiger partial charge in [-0.05, 0) is 26.0 Å². The van der Waals surface area contributed by atoms with E-state index in [-0.39, 0.29) is 12.0 Å². The molecule has 8 nitrogen and oxygen atoms in total. The molecule has 1 aliphatic rings. The summed E-state index contributed by atoms with van der Waals surface area (Å²) in [4.78, 5) is 21.1. The molecule has 0 saturated carbocycles. The first-order chi connectivity index (χ1) is 12.0. The topological polar surface area (TPSA) is 94.5 Å². The van der Waals surface area contributed by atoms with Crippen molar-refractivity contribution in [1.29, 1.82) is 0 Å². The van der Waals surface area contributed by atoms with Crippen LogP contribution in [0.15, 0.2) is 23.8 Å². The van der Waals surface area contributed by atoms with Crippen molar-refractivity contribution in [3.63, 3.8) is 0 Å². The number of nitrogens with one attached hydrogen (secondary N) is 1. The molecule has 2 unspecified atom stereocenters. The number of carbonyl (C=O) groups excluding carboxylic acids is 1. The van der Waals surface area contributed by atoms with Crippen molar-refractivity contribution in [2.75, 3.05) is 36.4 Å². The zero-order valence-corrected chi connectivity index (χ0v) is 15.1. The van der Waals surface area contributed by atoms with E-state index >= 15 is 0 Å². The Kier molecular flexibility index (Phi) is 5.57. The second-order valence-corrected chi connectivity index (χ2v) is 7.08. The van der Waals surface area contributed by atoms with Gasteiger partial charge in [-0.2, -0.15) is 0 Å². The number of aliphatic hydroxyl groups excluding tert-OH is 1. The molecule has 0 spiro atoms. The lowest BCUT2D eigenvalue weighted by molar-refractivity contribution is 0.0959. The van der Waals surface area contributed by atoms with Crippen LogP contribution in [-0.4, -0.2) is 69.4 Å². The minimum atomic E-state index is -0.321. The van der Waals surface area contributed by atoms with E-state index in [4.69, 9.17) is 0 Å². The molecule has 3 rings (SSSR count). The van der Waals surface area contributed by atoms with Crippen molar-refractivity contribution >= 4 is 28.2 Å². The van der Waals surface area contributed by atoms with Crippen LogP contribution in [-0.2, 0) is 0 Å². The highest BCUT2D eigenvalue weighted by atomic mass is 32.1. The summed E-state index contributed by atoms with van der Waals surface area (Å²) in [5, 5.41) is 20.2. The highest BCUT2D eigenvalue weighted by Gasteiger charge is 2.25. The van der Waals surface area contributed by atoms with E-state index in [1.54, 1.807) is 17.8 Å². The van der Waals surface area contributed by atoms with Crippen LogP contribution in [0.25, 0.3) is 0 Å². The van der Waals surface area contributed by atoms with E-state index in [1.807, 2.05) is 13.0 Å². The number of pyridine rings is 1. The maximum absolute atomic E-state index is 12.1. The van der Waals surface area contributed by atoms with Gasteiger partial charge in [0.1, 0.15) is 11.3 Å². The molecule has 1 amide bonds. The molecule has 2 atom stereocenters. The molecule has 0 aromatic carbocycles. The predicted octanol–water partition coefficient (Wildman–Crippen LogP) is 1.08. The minimum absolute atomic E-state index is 0.245. The number of rotatable bonds is 5. The van der Waals surface area contributed by atoms with Crippen LogP contribution in [0, 0.1) is 0 Å². The van der Waals surface area contributed by atoms with Crippen molar-refractivity contribution < 1.29 is 9.90 Å². The lowest BCUT2D eigenvalue weighted by Gasteiger charge is -2.40. The summed E-state index contributed by atoms with van der Waals surface area (Å²) >= 11 is 1.27. The summed E-state index contributed by atoms with van der Waals surface area (Å²) in [5.74, 6) is 0.613. The van der Waals surface area contributed by atoms with E-state index < -0.39 is 0 Å². The Hall–Kier alpha value is -2.10. The molecule has 3 heterocycles. The Bertz CT molecular complexity index is 691. The lowest BCUT2D eigenvalue weighted by atomic mass is 10.1. The largest absolute Gasteiger partial charge is 0.392 e. The number of aliphatic hydroxyl groups is 1. The third kappa shape index (κ3) is 4.50. The summed E-state index contributed by atoms with van der Waals surface area (Å²) in [6.07, 6.45) is 1.26. The summed E-state index contributed by atoms with van der Waals surface area (Å²) in [6.45, 7) is 7.22. The Morgan fingerprint density at radius 3 is 2.92 bits per heavy atom. The average molecular weight is 362 g/mol. The van der Waals surface area contributed by atoms with Crippen LogP contribution in [0.5, 0.6) is 0 Å². The van der Waals surface area contributed by atoms with Gasteiger partial charge in [-0.15, -0.1) is 10.2 Å². The number of hydrogen-bond acceptors (Lipinski definition) is 8. The van der Waals surface area contributed by atoms with Gasteiger partial charge in [0.15, 0.2) is 0 Å². The second-order valence-electron chi connectivity index (χ2n) is 6.24. The summed E-state index contributed by atoms with van der Waals surface area (Å²) in [6, 6.07) is 3.97. The Morgan fingerprint density at radius 2 is 2.32 bits per heavy atom. The van der Waals surface area contributed by atoms with Crippen LogP contribution >= 0.6 is 11.3 Å². The van der Waals surface area contributed by atoms with Crippen LogP contribution in [0.3, 0.4) is 0 Å². The smallest absolute Gasteiger partial charge is 0.259 e. The molecule has 2 N–H and O–H groups in total. The van der Waals surface area contributed by atoms with Crippen LogP contribution < -0.4 is 10.2 Å². The quantitative estimate of drug-likeness (QED) is 0.822. The standard InChI is InChI=1S/C16H22N6O2S/c1-11-8-22(6-5-21(11)9-12(2)23)14-4-3-13(7-17-14)15(24)19-16-20-18-10-25-16/h3-4,7,10-12,23H,5-6,8-9H2,1-2H3,(H,19,20,24). The van der Waals surface area contributed by atoms with E-state index in [9.17, 15) is 9.90 Å². The number of anilines is 2. The van der Waals surface area contributed by atoms with Crippen LogP contribution in [0.1, 0.15) is 24.2 Å². The fraction of sp³-hybridized carbons (Fsp3) is 0.500. The van der Waals surface area contributed by atoms with Crippen molar-refractivity contribution in [1.82, 2.24) is 20.1 Å². The first-order valence-electron chi connectivity index (χ1n) is 8.23. The molecule has 0 bridgehead atoms. The molecule has 134 valence electrons. The number of amides is 1. The van der Waals surface area contributed by atoms with E-state index in [2.05, 4.69) is 37.2 Å². The van der Waals surface area contributed by atoms with E-state index in [0.29, 0.717) is 23.3 Å². The maximum Gasteiger partial charge on any atom is 0.259 e. The van der Waals surface area contributed by atoms with Crippen molar-refractivity contribution in [3.05, 3.63) is 29.4 Å². The monoisotopic (exact) mass is 362 g/mol. The average Bonchev–Trinajstić information content (AvgIpc) is 3.09. The number of nitrogens with zero attached hydrogens (tertiary/aromatic N) is 5.